The number of hydrogen-bond acceptors (Lipinski definition) is 4. The fourth-order valence-corrected chi connectivity index (χ4v) is 2.81. The van der Waals surface area contributed by atoms with Crippen molar-refractivity contribution in [1.29, 1.82) is 0 Å². The maximum atomic E-state index is 12.1. The van der Waals surface area contributed by atoms with Gasteiger partial charge in [0.25, 0.3) is 0 Å². The van der Waals surface area contributed by atoms with Crippen LogP contribution in [0.5, 0.6) is 0 Å². The largest absolute Gasteiger partial charge is 0.458 e. The van der Waals surface area contributed by atoms with Crippen LogP contribution in [0.25, 0.3) is 0 Å². The van der Waals surface area contributed by atoms with Crippen LogP contribution in [0.3, 0.4) is 0 Å². The second-order valence-corrected chi connectivity index (χ2v) is 5.51. The van der Waals surface area contributed by atoms with Crippen LogP contribution < -0.4 is 0 Å². The number of carbonyl (C=O) groups is 1. The summed E-state index contributed by atoms with van der Waals surface area (Å²) in [5.41, 5.74) is 0.182. The molecule has 2 atom stereocenters. The zero-order valence-electron chi connectivity index (χ0n) is 10.7. The molecule has 1 heterocycles. The van der Waals surface area contributed by atoms with Gasteiger partial charge in [-0.3, -0.25) is 0 Å². The average Bonchev–Trinajstić information content (AvgIpc) is 2.42. The highest BCUT2D eigenvalue weighted by molar-refractivity contribution is 6.33. The van der Waals surface area contributed by atoms with Crippen molar-refractivity contribution in [2.45, 2.75) is 45.1 Å². The van der Waals surface area contributed by atoms with E-state index in [9.17, 15) is 4.79 Å². The van der Waals surface area contributed by atoms with Crippen LogP contribution in [0.15, 0.2) is 6.07 Å². The van der Waals surface area contributed by atoms with Crippen LogP contribution in [0.2, 0.25) is 10.3 Å². The number of carbonyl (C=O) groups excluding carboxylic acids is 1. The van der Waals surface area contributed by atoms with E-state index in [0.29, 0.717) is 5.92 Å². The number of halogens is 2. The summed E-state index contributed by atoms with van der Waals surface area (Å²) < 4.78 is 5.57. The Labute approximate surface area is 122 Å². The summed E-state index contributed by atoms with van der Waals surface area (Å²) in [7, 11) is 0. The first kappa shape index (κ1) is 14.5. The molecular weight excluding hydrogens is 287 g/mol. The summed E-state index contributed by atoms with van der Waals surface area (Å²) in [6.45, 7) is 2.12. The van der Waals surface area contributed by atoms with Crippen molar-refractivity contribution in [2.75, 3.05) is 0 Å². The fourth-order valence-electron chi connectivity index (χ4n) is 2.49. The van der Waals surface area contributed by atoms with Gasteiger partial charge in [-0.1, -0.05) is 36.5 Å². The first-order valence-electron chi connectivity index (χ1n) is 6.51. The number of ether oxygens (including phenoxy) is 1. The van der Waals surface area contributed by atoms with Crippen molar-refractivity contribution in [2.24, 2.45) is 5.92 Å². The number of nitrogens with zero attached hydrogens (tertiary/aromatic N) is 2. The molecule has 0 aromatic carbocycles. The topological polar surface area (TPSA) is 52.1 Å². The lowest BCUT2D eigenvalue weighted by atomic mass is 9.85. The van der Waals surface area contributed by atoms with Crippen molar-refractivity contribution in [3.63, 3.8) is 0 Å². The van der Waals surface area contributed by atoms with Gasteiger partial charge in [0.15, 0.2) is 10.3 Å². The second kappa shape index (κ2) is 6.53. The van der Waals surface area contributed by atoms with Gasteiger partial charge in [0.1, 0.15) is 11.7 Å². The van der Waals surface area contributed by atoms with Crippen molar-refractivity contribution in [1.82, 2.24) is 10.2 Å². The van der Waals surface area contributed by atoms with Gasteiger partial charge in [-0.25, -0.2) is 4.79 Å². The molecule has 2 unspecified atom stereocenters. The van der Waals surface area contributed by atoms with E-state index in [1.807, 2.05) is 0 Å². The number of esters is 1. The highest BCUT2D eigenvalue weighted by Gasteiger charge is 2.28. The van der Waals surface area contributed by atoms with Gasteiger partial charge in [0, 0.05) is 0 Å². The smallest absolute Gasteiger partial charge is 0.341 e. The molecule has 1 aliphatic carbocycles. The average molecular weight is 303 g/mol. The highest BCUT2D eigenvalue weighted by Crippen LogP contribution is 2.30. The molecule has 0 radical (unpaired) electrons. The number of aromatic nitrogens is 2. The Morgan fingerprint density at radius 3 is 2.84 bits per heavy atom. The van der Waals surface area contributed by atoms with Gasteiger partial charge in [-0.05, 0) is 37.7 Å². The Balaban J connectivity index is 2.09. The Hall–Kier alpha value is -0.870. The first-order valence-corrected chi connectivity index (χ1v) is 7.27. The zero-order chi connectivity index (χ0) is 13.8. The highest BCUT2D eigenvalue weighted by atomic mass is 35.5. The third kappa shape index (κ3) is 3.57. The van der Waals surface area contributed by atoms with Crippen molar-refractivity contribution >= 4 is 29.2 Å². The van der Waals surface area contributed by atoms with E-state index in [1.54, 1.807) is 0 Å². The molecule has 0 spiro atoms. The van der Waals surface area contributed by atoms with E-state index in [4.69, 9.17) is 27.9 Å². The molecule has 2 rings (SSSR count). The molecule has 0 saturated heterocycles. The summed E-state index contributed by atoms with van der Waals surface area (Å²) in [4.78, 5) is 12.1. The van der Waals surface area contributed by atoms with E-state index in [0.717, 1.165) is 25.7 Å². The number of rotatable bonds is 3. The standard InChI is InChI=1S/C13H16Cl2N2O2/c1-2-8-5-3-4-6-10(8)19-13(18)9-7-11(14)16-17-12(9)15/h7-8,10H,2-6H2,1H3. The molecule has 1 aliphatic rings. The van der Waals surface area contributed by atoms with Gasteiger partial charge in [-0.15, -0.1) is 10.2 Å². The predicted octanol–water partition coefficient (Wildman–Crippen LogP) is 3.91. The zero-order valence-corrected chi connectivity index (χ0v) is 12.2. The fraction of sp³-hybridized carbons (Fsp3) is 0.615. The summed E-state index contributed by atoms with van der Waals surface area (Å²) in [6, 6.07) is 1.39. The first-order chi connectivity index (χ1) is 9.11. The Morgan fingerprint density at radius 1 is 1.37 bits per heavy atom. The molecule has 0 bridgehead atoms. The maximum absolute atomic E-state index is 12.1. The summed E-state index contributed by atoms with van der Waals surface area (Å²) in [5, 5.41) is 7.35. The van der Waals surface area contributed by atoms with Crippen LogP contribution in [0.1, 0.15) is 49.4 Å². The molecule has 6 heteroatoms. The van der Waals surface area contributed by atoms with Gasteiger partial charge >= 0.3 is 5.97 Å². The molecular formula is C13H16Cl2N2O2. The van der Waals surface area contributed by atoms with Gasteiger partial charge < -0.3 is 4.74 Å². The SMILES string of the molecule is CCC1CCCCC1OC(=O)c1cc(Cl)nnc1Cl. The molecule has 19 heavy (non-hydrogen) atoms. The molecule has 0 amide bonds. The second-order valence-electron chi connectivity index (χ2n) is 4.77. The molecule has 0 N–H and O–H groups in total. The van der Waals surface area contributed by atoms with Gasteiger partial charge in [-0.2, -0.15) is 0 Å². The van der Waals surface area contributed by atoms with Crippen molar-refractivity contribution < 1.29 is 9.53 Å². The van der Waals surface area contributed by atoms with Crippen molar-refractivity contribution in [3.05, 3.63) is 21.9 Å². The molecule has 1 saturated carbocycles. The molecule has 1 fully saturated rings. The predicted molar refractivity (Wildman–Crippen MR) is 73.5 cm³/mol. The third-order valence-electron chi connectivity index (χ3n) is 3.56. The normalized spacial score (nSPS) is 23.1. The lowest BCUT2D eigenvalue weighted by molar-refractivity contribution is 0.000668. The van der Waals surface area contributed by atoms with E-state index >= 15 is 0 Å². The molecule has 4 nitrogen and oxygen atoms in total. The minimum absolute atomic E-state index is 0.0262. The van der Waals surface area contributed by atoms with Crippen LogP contribution in [-0.4, -0.2) is 22.3 Å². The lowest BCUT2D eigenvalue weighted by Gasteiger charge is -2.30. The van der Waals surface area contributed by atoms with E-state index in [-0.39, 0.29) is 22.0 Å². The van der Waals surface area contributed by atoms with Crippen LogP contribution in [0.4, 0.5) is 0 Å². The molecule has 0 aliphatic heterocycles. The number of hydrogen-bond donors (Lipinski definition) is 0. The van der Waals surface area contributed by atoms with E-state index in [1.165, 1.54) is 12.5 Å². The lowest BCUT2D eigenvalue weighted by Crippen LogP contribution is -2.30. The monoisotopic (exact) mass is 302 g/mol. The minimum atomic E-state index is -0.466. The summed E-state index contributed by atoms with van der Waals surface area (Å²) in [5.74, 6) is -0.0334. The van der Waals surface area contributed by atoms with Crippen molar-refractivity contribution in [3.8, 4) is 0 Å². The van der Waals surface area contributed by atoms with Gasteiger partial charge in [0.2, 0.25) is 0 Å². The molecule has 1 aromatic heterocycles. The van der Waals surface area contributed by atoms with Gasteiger partial charge in [0.05, 0.1) is 0 Å². The van der Waals surface area contributed by atoms with E-state index in [2.05, 4.69) is 17.1 Å². The summed E-state index contributed by atoms with van der Waals surface area (Å²) >= 11 is 11.6. The maximum Gasteiger partial charge on any atom is 0.341 e. The quantitative estimate of drug-likeness (QED) is 0.794. The Morgan fingerprint density at radius 2 is 2.11 bits per heavy atom. The third-order valence-corrected chi connectivity index (χ3v) is 4.02. The summed E-state index contributed by atoms with van der Waals surface area (Å²) in [6.07, 6.45) is 5.30. The van der Waals surface area contributed by atoms with Crippen LogP contribution in [-0.2, 0) is 4.74 Å². The Bertz CT molecular complexity index is 468. The van der Waals surface area contributed by atoms with Crippen LogP contribution >= 0.6 is 23.2 Å². The minimum Gasteiger partial charge on any atom is -0.458 e. The van der Waals surface area contributed by atoms with Crippen LogP contribution in [0, 0.1) is 5.92 Å². The molecule has 104 valence electrons. The molecule has 1 aromatic rings. The Kier molecular flexibility index (Phi) is 4.99. The van der Waals surface area contributed by atoms with E-state index < -0.39 is 5.97 Å².